The molecular formula is C82H132O12. The third-order valence-electron chi connectivity index (χ3n) is 18.2. The van der Waals surface area contributed by atoms with E-state index in [9.17, 15) is 28.8 Å². The molecule has 2 atom stereocenters. The highest BCUT2D eigenvalue weighted by Crippen LogP contribution is 2.34. The van der Waals surface area contributed by atoms with Crippen LogP contribution in [0.25, 0.3) is 0 Å². The summed E-state index contributed by atoms with van der Waals surface area (Å²) in [7, 11) is 0. The van der Waals surface area contributed by atoms with Gasteiger partial charge < -0.3 is 28.4 Å². The Hall–Kier alpha value is -5.78. The van der Waals surface area contributed by atoms with Gasteiger partial charge in [-0.15, -0.1) is 0 Å². The van der Waals surface area contributed by atoms with E-state index < -0.39 is 0 Å². The summed E-state index contributed by atoms with van der Waals surface area (Å²) in [6.07, 6.45) is 53.1. The number of unbranched alkanes of at least 4 members (excludes halogenated alkanes) is 9. The Morgan fingerprint density at radius 1 is 0.383 bits per heavy atom. The van der Waals surface area contributed by atoms with Gasteiger partial charge in [0.05, 0.1) is 11.8 Å². The van der Waals surface area contributed by atoms with E-state index in [1.54, 1.807) is 24.3 Å². The van der Waals surface area contributed by atoms with Gasteiger partial charge in [0.2, 0.25) is 0 Å². The molecule has 4 aliphatic carbocycles. The highest BCUT2D eigenvalue weighted by molar-refractivity contribution is 5.73. The van der Waals surface area contributed by atoms with E-state index in [4.69, 9.17) is 28.4 Å². The molecule has 4 fully saturated rings. The third kappa shape index (κ3) is 48.8. The number of hydrogen-bond donors (Lipinski definition) is 0. The predicted octanol–water partition coefficient (Wildman–Crippen LogP) is 21.8. The first-order chi connectivity index (χ1) is 45.8. The summed E-state index contributed by atoms with van der Waals surface area (Å²) in [5.41, 5.74) is 2.10. The molecule has 0 saturated heterocycles. The molecule has 4 aliphatic rings. The molecule has 0 radical (unpaired) electrons. The van der Waals surface area contributed by atoms with Crippen molar-refractivity contribution in [1.82, 2.24) is 0 Å². The van der Waals surface area contributed by atoms with Crippen LogP contribution in [0.15, 0.2) is 111 Å². The topological polar surface area (TPSA) is 158 Å². The van der Waals surface area contributed by atoms with Gasteiger partial charge >= 0.3 is 35.8 Å². The van der Waals surface area contributed by atoms with Gasteiger partial charge in [0.25, 0.3) is 0 Å². The van der Waals surface area contributed by atoms with Crippen molar-refractivity contribution in [2.24, 2.45) is 35.5 Å². The Bertz CT molecular complexity index is 2140. The molecule has 0 aliphatic heterocycles. The van der Waals surface area contributed by atoms with Crippen molar-refractivity contribution < 1.29 is 57.2 Å². The highest BCUT2D eigenvalue weighted by Gasteiger charge is 2.30. The lowest BCUT2D eigenvalue weighted by Crippen LogP contribution is -2.27. The standard InChI is InChI=1S/2C15H22O2.2C14H24O2.2C12H20O2/c2*1-2-3-4-5-9-12-15(16)17-13-14-10-7-6-8-11-14;1-3-8-13(14(15)16-11-4-2)12-9-6-5-7-10-12;1-2-12-16-14(15)11-7-6-10-13-8-4-3-5-9-13;1-3-9-14-12(13)10(2)11-7-5-4-6-8-11;1-2-10-14-12(13)9-8-11-6-4-3-5-7-11/h2*6-8,10-11H,2-5,9,12-13H2,1H3;4,12-13H,2-3,5-11H2,1H3;2,13H,1,3-12H2;3,10-11H,1,4-9H2,2H3;2,11H,1,3-10H2. The molecule has 2 unspecified atom stereocenters. The Kier molecular flexibility index (Phi) is 56.9. The number of carbonyl (C=O) groups excluding carboxylic acids is 6. The van der Waals surface area contributed by atoms with E-state index in [1.165, 1.54) is 180 Å². The monoisotopic (exact) mass is 1310 g/mol. The van der Waals surface area contributed by atoms with Crippen molar-refractivity contribution in [3.8, 4) is 0 Å². The van der Waals surface area contributed by atoms with Gasteiger partial charge in [-0.3, -0.25) is 28.8 Å². The molecule has 2 aromatic rings. The minimum Gasteiger partial charge on any atom is -0.461 e. The van der Waals surface area contributed by atoms with Crippen molar-refractivity contribution in [3.63, 3.8) is 0 Å². The van der Waals surface area contributed by atoms with Gasteiger partial charge in [-0.2, -0.15) is 0 Å². The van der Waals surface area contributed by atoms with Crippen LogP contribution in [0, 0.1) is 35.5 Å². The zero-order valence-corrected chi connectivity index (χ0v) is 59.8. The Labute approximate surface area is 572 Å². The molecule has 0 aromatic heterocycles. The van der Waals surface area contributed by atoms with Gasteiger partial charge in [-0.25, -0.2) is 0 Å². The summed E-state index contributed by atoms with van der Waals surface area (Å²) >= 11 is 0. The number of rotatable bonds is 38. The second-order valence-corrected chi connectivity index (χ2v) is 26.2. The quantitative estimate of drug-likeness (QED) is 0.0272. The molecule has 0 bridgehead atoms. The first-order valence-corrected chi connectivity index (χ1v) is 37.3. The molecule has 0 N–H and O–H groups in total. The number of hydrogen-bond acceptors (Lipinski definition) is 12. The molecule has 532 valence electrons. The summed E-state index contributed by atoms with van der Waals surface area (Å²) < 4.78 is 30.5. The Morgan fingerprint density at radius 2 is 0.734 bits per heavy atom. The molecule has 12 heteroatoms. The summed E-state index contributed by atoms with van der Waals surface area (Å²) in [4.78, 5) is 68.7. The summed E-state index contributed by atoms with van der Waals surface area (Å²) in [5.74, 6) is 2.62. The fourth-order valence-electron chi connectivity index (χ4n) is 12.5. The zero-order chi connectivity index (χ0) is 68.8. The summed E-state index contributed by atoms with van der Waals surface area (Å²) in [6, 6.07) is 19.6. The summed E-state index contributed by atoms with van der Waals surface area (Å²) in [6.45, 7) is 24.8. The molecule has 2 aromatic carbocycles. The largest absolute Gasteiger partial charge is 0.461 e. The van der Waals surface area contributed by atoms with Gasteiger partial charge in [-0.05, 0) is 92.6 Å². The number of benzene rings is 2. The normalized spacial score (nSPS) is 15.4. The molecule has 12 nitrogen and oxygen atoms in total. The molecule has 94 heavy (non-hydrogen) atoms. The number of carbonyl (C=O) groups is 6. The second-order valence-electron chi connectivity index (χ2n) is 26.2. The minimum atomic E-state index is -0.0801. The van der Waals surface area contributed by atoms with Crippen molar-refractivity contribution >= 4 is 35.8 Å². The van der Waals surface area contributed by atoms with Crippen molar-refractivity contribution in [3.05, 3.63) is 122 Å². The van der Waals surface area contributed by atoms with E-state index in [0.717, 1.165) is 74.3 Å². The zero-order valence-electron chi connectivity index (χ0n) is 59.8. The first-order valence-electron chi connectivity index (χ1n) is 37.3. The molecular weight excluding hydrogens is 1180 g/mol. The highest BCUT2D eigenvalue weighted by atomic mass is 16.5. The van der Waals surface area contributed by atoms with Gasteiger partial charge in [0.1, 0.15) is 39.6 Å². The van der Waals surface area contributed by atoms with E-state index in [2.05, 4.69) is 47.1 Å². The van der Waals surface area contributed by atoms with E-state index in [0.29, 0.717) is 77.2 Å². The summed E-state index contributed by atoms with van der Waals surface area (Å²) in [5, 5.41) is 0. The SMILES string of the molecule is C=CCOC(=O)C(C)C1CCCCC1.C=CCOC(=O)C(CCC)C1CCCCC1.C=CCOC(=O)CCC1CCCCC1.C=CCOC(=O)CCCCC1CCCCC1.CCCCCCCC(=O)OCc1ccccc1.CCCCCCCC(=O)OCc1ccccc1. The van der Waals surface area contributed by atoms with Crippen LogP contribution in [0.4, 0.5) is 0 Å². The maximum atomic E-state index is 11.9. The van der Waals surface area contributed by atoms with Gasteiger partial charge in [-0.1, -0.05) is 312 Å². The molecule has 0 spiro atoms. The number of esters is 6. The van der Waals surface area contributed by atoms with Crippen molar-refractivity contribution in [2.45, 2.75) is 298 Å². The van der Waals surface area contributed by atoms with Crippen molar-refractivity contribution in [2.75, 3.05) is 26.4 Å². The van der Waals surface area contributed by atoms with Crippen LogP contribution < -0.4 is 0 Å². The lowest BCUT2D eigenvalue weighted by atomic mass is 9.78. The smallest absolute Gasteiger partial charge is 0.309 e. The minimum absolute atomic E-state index is 0.00588. The first kappa shape index (κ1) is 86.2. The maximum Gasteiger partial charge on any atom is 0.309 e. The van der Waals surface area contributed by atoms with E-state index in [-0.39, 0.29) is 47.7 Å². The van der Waals surface area contributed by atoms with Gasteiger partial charge in [0.15, 0.2) is 0 Å². The average molecular weight is 1310 g/mol. The second kappa shape index (κ2) is 62.1. The van der Waals surface area contributed by atoms with E-state index in [1.807, 2.05) is 67.6 Å². The van der Waals surface area contributed by atoms with Crippen molar-refractivity contribution in [1.29, 1.82) is 0 Å². The van der Waals surface area contributed by atoms with E-state index >= 15 is 0 Å². The molecule has 4 saturated carbocycles. The van der Waals surface area contributed by atoms with Gasteiger partial charge in [0, 0.05) is 25.7 Å². The van der Waals surface area contributed by atoms with Crippen LogP contribution in [0.1, 0.15) is 296 Å². The lowest BCUT2D eigenvalue weighted by molar-refractivity contribution is -0.150. The third-order valence-corrected chi connectivity index (χ3v) is 18.2. The lowest BCUT2D eigenvalue weighted by Gasteiger charge is -2.28. The van der Waals surface area contributed by atoms with Crippen LogP contribution in [0.5, 0.6) is 0 Å². The van der Waals surface area contributed by atoms with Crippen LogP contribution >= 0.6 is 0 Å². The Balaban J connectivity index is 0.000000565. The molecule has 6 rings (SSSR count). The fourth-order valence-corrected chi connectivity index (χ4v) is 12.5. The van der Waals surface area contributed by atoms with Crippen LogP contribution in [-0.4, -0.2) is 62.2 Å². The average Bonchev–Trinajstić information content (AvgIpc) is 1.09. The van der Waals surface area contributed by atoms with Crippen LogP contribution in [-0.2, 0) is 70.4 Å². The fraction of sp³-hybridized carbons (Fsp3) is 0.683. The Morgan fingerprint density at radius 3 is 1.15 bits per heavy atom. The molecule has 0 heterocycles. The maximum absolute atomic E-state index is 11.9. The molecule has 0 amide bonds. The predicted molar refractivity (Wildman–Crippen MR) is 385 cm³/mol. The number of ether oxygens (including phenoxy) is 6. The van der Waals surface area contributed by atoms with Crippen LogP contribution in [0.2, 0.25) is 0 Å². The van der Waals surface area contributed by atoms with Crippen LogP contribution in [0.3, 0.4) is 0 Å².